The van der Waals surface area contributed by atoms with Crippen molar-refractivity contribution in [2.75, 3.05) is 19.5 Å². The minimum Gasteiger partial charge on any atom is -0.494 e. The highest BCUT2D eigenvalue weighted by atomic mass is 35.5. The Hall–Kier alpha value is -2.56. The van der Waals surface area contributed by atoms with Crippen LogP contribution in [0, 0.1) is 0 Å². The lowest BCUT2D eigenvalue weighted by molar-refractivity contribution is -0.136. The second kappa shape index (κ2) is 9.07. The monoisotopic (exact) mass is 470 g/mol. The molecule has 0 spiro atoms. The summed E-state index contributed by atoms with van der Waals surface area (Å²) in [6.07, 6.45) is 0. The molecule has 0 radical (unpaired) electrons. The van der Waals surface area contributed by atoms with Crippen molar-refractivity contribution in [3.8, 4) is 5.75 Å². The van der Waals surface area contributed by atoms with Gasteiger partial charge in [0.05, 0.1) is 35.4 Å². The number of nitrogens with one attached hydrogen (secondary N) is 2. The molecule has 3 rings (SSSR count). The predicted octanol–water partition coefficient (Wildman–Crippen LogP) is 3.06. The van der Waals surface area contributed by atoms with E-state index in [4.69, 9.17) is 21.1 Å². The van der Waals surface area contributed by atoms with Crippen molar-refractivity contribution in [2.45, 2.75) is 17.2 Å². The molecule has 8 nitrogen and oxygen atoms in total. The Morgan fingerprint density at radius 1 is 1.20 bits per heavy atom. The summed E-state index contributed by atoms with van der Waals surface area (Å²) in [5.41, 5.74) is 0.532. The first-order valence-electron chi connectivity index (χ1n) is 8.85. The zero-order valence-corrected chi connectivity index (χ0v) is 18.5. The molecule has 0 saturated heterocycles. The van der Waals surface area contributed by atoms with Crippen molar-refractivity contribution in [3.63, 3.8) is 0 Å². The van der Waals surface area contributed by atoms with Crippen LogP contribution in [0.2, 0.25) is 4.34 Å². The van der Waals surface area contributed by atoms with Crippen LogP contribution in [0.1, 0.15) is 18.5 Å². The highest BCUT2D eigenvalue weighted by Gasteiger charge is 2.35. The number of esters is 1. The van der Waals surface area contributed by atoms with Crippen LogP contribution in [-0.4, -0.2) is 39.9 Å². The second-order valence-corrected chi connectivity index (χ2v) is 10.2. The first kappa shape index (κ1) is 22.1. The Morgan fingerprint density at radius 3 is 2.47 bits per heavy atom. The Balaban J connectivity index is 2.04. The summed E-state index contributed by atoms with van der Waals surface area (Å²) in [7, 11) is -2.66. The Kier molecular flexibility index (Phi) is 6.69. The summed E-state index contributed by atoms with van der Waals surface area (Å²) < 4.78 is 36.3. The van der Waals surface area contributed by atoms with E-state index in [9.17, 15) is 18.0 Å². The van der Waals surface area contributed by atoms with Crippen LogP contribution in [0.4, 0.5) is 4.79 Å². The maximum atomic E-state index is 12.8. The van der Waals surface area contributed by atoms with Crippen LogP contribution < -0.4 is 15.4 Å². The summed E-state index contributed by atoms with van der Waals surface area (Å²) in [4.78, 5) is 24.8. The molecular weight excluding hydrogens is 452 g/mol. The van der Waals surface area contributed by atoms with Gasteiger partial charge in [0.15, 0.2) is 9.84 Å². The Bertz CT molecular complexity index is 1090. The highest BCUT2D eigenvalue weighted by Crippen LogP contribution is 2.32. The summed E-state index contributed by atoms with van der Waals surface area (Å²) in [5.74, 6) is -0.715. The van der Waals surface area contributed by atoms with Gasteiger partial charge < -0.3 is 20.1 Å². The van der Waals surface area contributed by atoms with E-state index in [1.165, 1.54) is 19.2 Å². The van der Waals surface area contributed by atoms with Gasteiger partial charge in [0, 0.05) is 5.70 Å². The number of amides is 2. The number of hydrogen-bond acceptors (Lipinski definition) is 7. The zero-order valence-electron chi connectivity index (χ0n) is 16.1. The molecular formula is C19H19ClN2O6S2. The van der Waals surface area contributed by atoms with E-state index < -0.39 is 33.6 Å². The zero-order chi connectivity index (χ0) is 21.9. The molecule has 30 heavy (non-hydrogen) atoms. The maximum Gasteiger partial charge on any atom is 0.338 e. The molecule has 2 aromatic rings. The van der Waals surface area contributed by atoms with E-state index in [2.05, 4.69) is 10.6 Å². The smallest absolute Gasteiger partial charge is 0.338 e. The van der Waals surface area contributed by atoms with Crippen LogP contribution in [0.5, 0.6) is 5.75 Å². The standard InChI is InChI=1S/C19H19ClN2O6S2/c1-3-28-12-6-4-11(5-7-12)17-16(18(23)27-2)13(21-19(24)22-17)10-30(25,26)15-9-8-14(20)29-15/h4-9,17H,3,10H2,1-2H3,(H2,21,22,24)/t17-/m1/s1. The molecule has 0 bridgehead atoms. The van der Waals surface area contributed by atoms with Crippen LogP contribution in [0.3, 0.4) is 0 Å². The maximum absolute atomic E-state index is 12.8. The van der Waals surface area contributed by atoms with E-state index in [-0.39, 0.29) is 15.5 Å². The molecule has 0 fully saturated rings. The SMILES string of the molecule is CCOc1ccc([C@H]2NC(=O)NC(CS(=O)(=O)c3ccc(Cl)s3)=C2C(=O)OC)cc1. The van der Waals surface area contributed by atoms with Crippen molar-refractivity contribution >= 4 is 44.8 Å². The summed E-state index contributed by atoms with van der Waals surface area (Å²) >= 11 is 6.75. The number of benzene rings is 1. The van der Waals surface area contributed by atoms with Crippen molar-refractivity contribution in [1.82, 2.24) is 10.6 Å². The van der Waals surface area contributed by atoms with Crippen molar-refractivity contribution in [3.05, 3.63) is 57.6 Å². The number of urea groups is 1. The Morgan fingerprint density at radius 2 is 1.90 bits per heavy atom. The minimum atomic E-state index is -3.85. The number of hydrogen-bond donors (Lipinski definition) is 2. The molecule has 0 aliphatic carbocycles. The molecule has 1 aliphatic heterocycles. The van der Waals surface area contributed by atoms with Gasteiger partial charge in [-0.2, -0.15) is 0 Å². The quantitative estimate of drug-likeness (QED) is 0.602. The third-order valence-electron chi connectivity index (χ3n) is 4.27. The largest absolute Gasteiger partial charge is 0.494 e. The van der Waals surface area contributed by atoms with Crippen LogP contribution in [-0.2, 0) is 19.4 Å². The highest BCUT2D eigenvalue weighted by molar-refractivity contribution is 7.93. The molecule has 2 heterocycles. The summed E-state index contributed by atoms with van der Waals surface area (Å²) in [5, 5.41) is 5.09. The van der Waals surface area contributed by atoms with Gasteiger partial charge in [-0.05, 0) is 36.8 Å². The molecule has 2 amide bonds. The number of carbonyl (C=O) groups excluding carboxylic acids is 2. The number of carbonyl (C=O) groups is 2. The number of rotatable bonds is 7. The lowest BCUT2D eigenvalue weighted by atomic mass is 9.95. The number of methoxy groups -OCH3 is 1. The van der Waals surface area contributed by atoms with Gasteiger partial charge in [-0.25, -0.2) is 18.0 Å². The van der Waals surface area contributed by atoms with Gasteiger partial charge in [0.2, 0.25) is 0 Å². The third-order valence-corrected chi connectivity index (χ3v) is 7.73. The molecule has 160 valence electrons. The first-order valence-corrected chi connectivity index (χ1v) is 11.7. The van der Waals surface area contributed by atoms with E-state index in [0.29, 0.717) is 22.3 Å². The molecule has 0 unspecified atom stereocenters. The van der Waals surface area contributed by atoms with Gasteiger partial charge >= 0.3 is 12.0 Å². The molecule has 1 aromatic heterocycles. The van der Waals surface area contributed by atoms with Crippen LogP contribution in [0.25, 0.3) is 0 Å². The molecule has 1 aliphatic rings. The number of sulfone groups is 1. The number of halogens is 1. The fourth-order valence-electron chi connectivity index (χ4n) is 2.98. The van der Waals surface area contributed by atoms with Crippen molar-refractivity contribution in [1.29, 1.82) is 0 Å². The molecule has 2 N–H and O–H groups in total. The molecule has 1 atom stereocenters. The van der Waals surface area contributed by atoms with Gasteiger partial charge in [-0.1, -0.05) is 23.7 Å². The fraction of sp³-hybridized carbons (Fsp3) is 0.263. The average molecular weight is 471 g/mol. The normalized spacial score (nSPS) is 16.6. The number of ether oxygens (including phenoxy) is 2. The van der Waals surface area contributed by atoms with Gasteiger partial charge in [0.1, 0.15) is 9.96 Å². The average Bonchev–Trinajstić information content (AvgIpc) is 3.15. The molecule has 0 saturated carbocycles. The van der Waals surface area contributed by atoms with Crippen molar-refractivity contribution in [2.24, 2.45) is 0 Å². The molecule has 11 heteroatoms. The van der Waals surface area contributed by atoms with E-state index >= 15 is 0 Å². The lowest BCUT2D eigenvalue weighted by Gasteiger charge is -2.29. The van der Waals surface area contributed by atoms with E-state index in [1.54, 1.807) is 24.3 Å². The van der Waals surface area contributed by atoms with Crippen LogP contribution >= 0.6 is 22.9 Å². The minimum absolute atomic E-state index is 0.00693. The lowest BCUT2D eigenvalue weighted by Crippen LogP contribution is -2.47. The predicted molar refractivity (Wildman–Crippen MR) is 112 cm³/mol. The van der Waals surface area contributed by atoms with Crippen LogP contribution in [0.15, 0.2) is 51.9 Å². The first-order chi connectivity index (χ1) is 14.2. The van der Waals surface area contributed by atoms with Crippen molar-refractivity contribution < 1.29 is 27.5 Å². The van der Waals surface area contributed by atoms with E-state index in [0.717, 1.165) is 11.3 Å². The Labute approximate surface area is 182 Å². The van der Waals surface area contributed by atoms with Gasteiger partial charge in [0.25, 0.3) is 0 Å². The topological polar surface area (TPSA) is 111 Å². The van der Waals surface area contributed by atoms with E-state index in [1.807, 2.05) is 6.92 Å². The van der Waals surface area contributed by atoms with Gasteiger partial charge in [-0.3, -0.25) is 0 Å². The second-order valence-electron chi connectivity index (χ2n) is 6.23. The fourth-order valence-corrected chi connectivity index (χ4v) is 5.88. The summed E-state index contributed by atoms with van der Waals surface area (Å²) in [6, 6.07) is 8.12. The third kappa shape index (κ3) is 4.77. The number of thiophene rings is 1. The van der Waals surface area contributed by atoms with Gasteiger partial charge in [-0.15, -0.1) is 11.3 Å². The molecule has 1 aromatic carbocycles. The summed E-state index contributed by atoms with van der Waals surface area (Å²) in [6.45, 7) is 2.35.